The van der Waals surface area contributed by atoms with Crippen LogP contribution in [0.5, 0.6) is 0 Å². The first-order valence-corrected chi connectivity index (χ1v) is 46.6. The molecule has 3 aliphatic heterocycles. The summed E-state index contributed by atoms with van der Waals surface area (Å²) in [4.78, 5) is 282. The van der Waals surface area contributed by atoms with E-state index < -0.39 is 253 Å². The summed E-state index contributed by atoms with van der Waals surface area (Å²) < 4.78 is 27.8. The van der Waals surface area contributed by atoms with Crippen LogP contribution in [0.25, 0.3) is 21.8 Å². The first-order valence-electron chi connectivity index (χ1n) is 45.5. The molecule has 0 unspecified atom stereocenters. The number of H-pyrrole nitrogens is 3. The minimum Gasteiger partial charge on any atom is -0.394 e. The molecule has 0 radical (unpaired) electrons. The molecule has 9 rings (SSSR count). The molecule has 0 saturated carbocycles. The number of unbranched alkanes of at least 4 members (excludes halogenated alkanes) is 2. The number of nitrogens with one attached hydrogen (secondary N) is 15. The quantitative estimate of drug-likeness (QED) is 0.0155. The van der Waals surface area contributed by atoms with Crippen molar-refractivity contribution in [1.82, 2.24) is 103 Å². The van der Waals surface area contributed by atoms with Crippen molar-refractivity contribution in [1.29, 1.82) is 5.41 Å². The zero-order valence-corrected chi connectivity index (χ0v) is 78.3. The Balaban J connectivity index is 1.10. The van der Waals surface area contributed by atoms with E-state index in [-0.39, 0.29) is 102 Å². The van der Waals surface area contributed by atoms with Crippen LogP contribution in [0.3, 0.4) is 0 Å². The van der Waals surface area contributed by atoms with Crippen LogP contribution in [-0.4, -0.2) is 312 Å². The first kappa shape index (κ1) is 107. The Labute approximate surface area is 793 Å². The molecule has 137 heavy (non-hydrogen) atoms. The third-order valence-corrected chi connectivity index (χ3v) is 25.4. The lowest BCUT2D eigenvalue weighted by Gasteiger charge is -2.36. The highest BCUT2D eigenvalue weighted by Gasteiger charge is 2.46. The SMILES string of the molecule is CCCC[C@H]1C(=O)N(C)[C@@H](CCCC)C(=O)N[C@@H](CCCNC(=N)N)C(=O)N[C@H](C(=O)NCC(N)=O)CSCC(=O)N[C@@H](Cc2ccc(C(F)F)cc2)C(=O)N(C)[C@@H](C)C(=O)N[C@@H](CC(N)=O)C(=O)N2CCC[C@H]2C(=O)N[C@@H](Cc2cnc[nH]2)C(=O)N[C@@H](CC(C)=O)C(=O)N2CCC[C@H]2C(=O)N[C@@H](Cc2c[nH]c3ccccc23)C(=O)N[C@@H](CO)C(=O)N[C@@H](Cc2c[nH]c3ccccc23)C(=O)N1C. The Morgan fingerprint density at radius 2 is 1.02 bits per heavy atom. The normalized spacial score (nSPS) is 24.0. The standard InChI is InChI=1S/C91H124F2N24O19S/c1-8-10-24-69-83(129)105-60(23-16-32-99-91(96)97)79(125)112-68(78(124)102-44-74(95)121)46-137-47-75(122)104-64(36-51-28-30-52(31-29-51)76(92)93)86(132)113(5)50(4)77(123)108-66(40-73(94)120)89(135)117-34-18-27-71(117)85(131)107-62(39-55-43-98-48-103-55)81(127)109-63(35-49(3)119)88(134)116-33-17-26-70(116)84(130)106-61(37-53-41-100-58-21-14-12-19-56(53)58)80(126)111-67(45-118)82(128)110-65(38-54-42-101-59-22-15-13-20-57(54)59)87(133)115(7)72(25-11-9-2)90(136)114(69)6/h12-15,19-22,28-31,41-43,48,50,60-72,76,100-101,118H,8-11,16-18,23-27,32-40,44-47H2,1-7H3,(H2,94,120)(H2,95,121)(H,98,103)(H,102,124)(H,104,122)(H,105,129)(H,106,130)(H,107,131)(H,108,123)(H,109,127)(H,110,128)(H,111,126)(H,112,125)(H4,96,97,99)/t50-,60-,61-,62-,63-,64-,65-,66-,67-,68-,69-,70-,71-,72-/m0/s1. The number of thioether (sulfide) groups is 1. The minimum atomic E-state index is -2.91. The molecule has 14 atom stereocenters. The largest absolute Gasteiger partial charge is 0.394 e. The lowest BCUT2D eigenvalue weighted by molar-refractivity contribution is -0.149. The summed E-state index contributed by atoms with van der Waals surface area (Å²) in [5, 5.41) is 48.9. The highest BCUT2D eigenvalue weighted by atomic mass is 32.2. The molecule has 46 heteroatoms. The maximum atomic E-state index is 15.7. The fourth-order valence-corrected chi connectivity index (χ4v) is 17.6. The number of aromatic nitrogens is 4. The number of benzene rings is 3. The average molecular weight is 1930 g/mol. The van der Waals surface area contributed by atoms with Crippen molar-refractivity contribution in [2.75, 3.05) is 65.4 Å². The van der Waals surface area contributed by atoms with Gasteiger partial charge in [-0.15, -0.1) is 11.8 Å². The number of Topliss-reactive ketones (excluding diaryl/α,β-unsaturated/α-hetero) is 1. The van der Waals surface area contributed by atoms with Gasteiger partial charge in [0.2, 0.25) is 100 Å². The number of imidazole rings is 1. The third kappa shape index (κ3) is 29.8. The smallest absolute Gasteiger partial charge is 0.263 e. The Bertz CT molecular complexity index is 5330. The molecular weight excluding hydrogens is 1800 g/mol. The van der Waals surface area contributed by atoms with Crippen molar-refractivity contribution < 1.29 is 100 Å². The highest BCUT2D eigenvalue weighted by molar-refractivity contribution is 8.00. The number of para-hydroxylation sites is 2. The van der Waals surface area contributed by atoms with Crippen LogP contribution >= 0.6 is 11.8 Å². The zero-order chi connectivity index (χ0) is 100. The number of hydrogen-bond acceptors (Lipinski definition) is 22. The van der Waals surface area contributed by atoms with Gasteiger partial charge in [0.25, 0.3) is 6.43 Å². The Morgan fingerprint density at radius 1 is 0.526 bits per heavy atom. The van der Waals surface area contributed by atoms with E-state index in [4.69, 9.17) is 22.6 Å². The molecule has 22 N–H and O–H groups in total. The fraction of sp³-hybridized carbons (Fsp3) is 0.516. The van der Waals surface area contributed by atoms with E-state index in [1.54, 1.807) is 60.9 Å². The van der Waals surface area contributed by atoms with Gasteiger partial charge >= 0.3 is 0 Å². The molecule has 0 bridgehead atoms. The van der Waals surface area contributed by atoms with Gasteiger partial charge in [-0.2, -0.15) is 0 Å². The van der Waals surface area contributed by atoms with Gasteiger partial charge in [-0.3, -0.25) is 91.7 Å². The molecule has 6 aromatic rings. The number of aliphatic hydroxyl groups excluding tert-OH is 1. The number of halogens is 2. The third-order valence-electron chi connectivity index (χ3n) is 24.4. The van der Waals surface area contributed by atoms with Gasteiger partial charge in [0.15, 0.2) is 5.96 Å². The molecule has 3 aliphatic rings. The van der Waals surface area contributed by atoms with Crippen molar-refractivity contribution in [3.8, 4) is 0 Å². The number of guanidine groups is 1. The van der Waals surface area contributed by atoms with Crippen LogP contribution < -0.4 is 75.7 Å². The van der Waals surface area contributed by atoms with Gasteiger partial charge < -0.3 is 120 Å². The molecule has 0 spiro atoms. The maximum absolute atomic E-state index is 15.7. The van der Waals surface area contributed by atoms with Crippen LogP contribution in [0.1, 0.15) is 152 Å². The second-order valence-electron chi connectivity index (χ2n) is 34.4. The van der Waals surface area contributed by atoms with Crippen molar-refractivity contribution in [3.63, 3.8) is 0 Å². The zero-order valence-electron chi connectivity index (χ0n) is 77.5. The van der Waals surface area contributed by atoms with Crippen LogP contribution in [0, 0.1) is 5.41 Å². The number of nitrogens with two attached hydrogens (primary N) is 3. The van der Waals surface area contributed by atoms with E-state index in [1.807, 2.05) is 13.8 Å². The predicted molar refractivity (Wildman–Crippen MR) is 498 cm³/mol. The molecule has 3 fully saturated rings. The summed E-state index contributed by atoms with van der Waals surface area (Å²) in [6, 6.07) is -3.73. The van der Waals surface area contributed by atoms with E-state index in [2.05, 4.69) is 78.4 Å². The van der Waals surface area contributed by atoms with Crippen molar-refractivity contribution in [3.05, 3.63) is 126 Å². The number of likely N-dealkylation sites (N-methyl/N-ethyl adjacent to an activating group) is 3. The van der Waals surface area contributed by atoms with Gasteiger partial charge in [0.1, 0.15) is 90.4 Å². The molecular formula is C91H124F2N24O19S. The van der Waals surface area contributed by atoms with Crippen molar-refractivity contribution in [2.24, 2.45) is 17.2 Å². The average Bonchev–Trinajstić information content (AvgIpc) is 1.80. The molecule has 3 aromatic carbocycles. The molecule has 43 nitrogen and oxygen atoms in total. The van der Waals surface area contributed by atoms with Gasteiger partial charge in [0.05, 0.1) is 31.7 Å². The molecule has 0 aliphatic carbocycles. The Morgan fingerprint density at radius 3 is 1.56 bits per heavy atom. The number of carbonyl (C=O) groups excluding carboxylic acids is 18. The highest BCUT2D eigenvalue weighted by Crippen LogP contribution is 2.28. The summed E-state index contributed by atoms with van der Waals surface area (Å²) in [5.74, 6) is -18.9. The molecule has 17 amide bonds. The number of ketones is 1. The summed E-state index contributed by atoms with van der Waals surface area (Å²) in [6.07, 6.45) is 1.52. The lowest BCUT2D eigenvalue weighted by Crippen LogP contribution is -2.62. The van der Waals surface area contributed by atoms with Gasteiger partial charge in [0, 0.05) is 130 Å². The van der Waals surface area contributed by atoms with E-state index in [9.17, 15) is 66.6 Å². The maximum Gasteiger partial charge on any atom is 0.263 e. The minimum absolute atomic E-state index is 0.0112. The second kappa shape index (κ2) is 51.1. The summed E-state index contributed by atoms with van der Waals surface area (Å²) >= 11 is 0.709. The summed E-state index contributed by atoms with van der Waals surface area (Å²) in [5.41, 5.74) is 19.1. The number of fused-ring (bicyclic) bond motifs is 4. The second-order valence-corrected chi connectivity index (χ2v) is 35.5. The van der Waals surface area contributed by atoms with Crippen LogP contribution in [-0.2, 0) is 112 Å². The number of alkyl halides is 2. The van der Waals surface area contributed by atoms with Gasteiger partial charge in [-0.05, 0) is 94.0 Å². The molecule has 6 heterocycles. The summed E-state index contributed by atoms with van der Waals surface area (Å²) in [6.45, 7) is 3.82. The van der Waals surface area contributed by atoms with Gasteiger partial charge in [-0.25, -0.2) is 13.8 Å². The monoisotopic (exact) mass is 1930 g/mol. The number of aliphatic hydroxyl groups is 1. The van der Waals surface area contributed by atoms with Gasteiger partial charge in [-0.1, -0.05) is 100 Å². The van der Waals surface area contributed by atoms with Crippen LogP contribution in [0.4, 0.5) is 8.78 Å². The number of primary amides is 2. The molecule has 742 valence electrons. The van der Waals surface area contributed by atoms with Crippen molar-refractivity contribution in [2.45, 2.75) is 234 Å². The predicted octanol–water partition coefficient (Wildman–Crippen LogP) is -1.73. The number of hydrogen-bond donors (Lipinski definition) is 19. The van der Waals surface area contributed by atoms with E-state index in [1.165, 1.54) is 45.7 Å². The Hall–Kier alpha value is -14.0. The topological polar surface area (TPSA) is 638 Å². The number of amides is 17. The molecule has 3 aromatic heterocycles. The number of aromatic amines is 3. The first-order chi connectivity index (χ1) is 65.3. The summed E-state index contributed by atoms with van der Waals surface area (Å²) in [7, 11) is 3.81. The molecule has 3 saturated heterocycles. The van der Waals surface area contributed by atoms with Crippen molar-refractivity contribution >= 4 is 146 Å². The van der Waals surface area contributed by atoms with E-state index >= 15 is 33.6 Å². The fourth-order valence-electron chi connectivity index (χ4n) is 16.7. The number of nitrogens with zero attached hydrogens (tertiary/aromatic N) is 6. The van der Waals surface area contributed by atoms with E-state index in [0.717, 1.165) is 50.6 Å². The number of rotatable bonds is 27. The van der Waals surface area contributed by atoms with E-state index in [0.29, 0.717) is 70.4 Å². The van der Waals surface area contributed by atoms with Crippen LogP contribution in [0.2, 0.25) is 0 Å². The Kier molecular flexibility index (Phi) is 39.8. The lowest BCUT2D eigenvalue weighted by atomic mass is 10.00. The number of carbonyl (C=O) groups is 18. The van der Waals surface area contributed by atoms with Crippen LogP contribution in [0.15, 0.2) is 97.7 Å².